The number of aryl methyl sites for hydroxylation is 2. The Morgan fingerprint density at radius 2 is 1.84 bits per heavy atom. The summed E-state index contributed by atoms with van der Waals surface area (Å²) in [5.74, 6) is 0.824. The lowest BCUT2D eigenvalue weighted by molar-refractivity contribution is -0.122. The molecule has 0 saturated heterocycles. The number of ether oxygens (including phenoxy) is 1. The van der Waals surface area contributed by atoms with Gasteiger partial charge in [-0.25, -0.2) is 14.6 Å². The van der Waals surface area contributed by atoms with Crippen LogP contribution >= 0.6 is 0 Å². The summed E-state index contributed by atoms with van der Waals surface area (Å²) in [6.45, 7) is 5.53. The van der Waals surface area contributed by atoms with Crippen molar-refractivity contribution in [3.05, 3.63) is 60.2 Å². The first-order valence-electron chi connectivity index (χ1n) is 7.91. The maximum Gasteiger partial charge on any atom is 0.265 e. The van der Waals surface area contributed by atoms with E-state index in [0.29, 0.717) is 17.4 Å². The molecule has 128 valence electrons. The zero-order valence-electron chi connectivity index (χ0n) is 14.3. The van der Waals surface area contributed by atoms with Gasteiger partial charge in [0.2, 0.25) is 0 Å². The highest BCUT2D eigenvalue weighted by molar-refractivity contribution is 5.93. The summed E-state index contributed by atoms with van der Waals surface area (Å²) in [6.07, 6.45) is 2.45. The third kappa shape index (κ3) is 4.00. The molecule has 0 bridgehead atoms. The number of rotatable bonds is 5. The van der Waals surface area contributed by atoms with Crippen molar-refractivity contribution in [1.29, 1.82) is 0 Å². The number of carbonyl (C=O) groups excluding carboxylic acids is 1. The summed E-state index contributed by atoms with van der Waals surface area (Å²) in [7, 11) is 0. The fraction of sp³-hybridized carbons (Fsp3) is 0.222. The summed E-state index contributed by atoms with van der Waals surface area (Å²) in [4.78, 5) is 20.7. The number of hydrogen-bond donors (Lipinski definition) is 1. The molecule has 0 saturated carbocycles. The lowest BCUT2D eigenvalue weighted by Gasteiger charge is -2.14. The SMILES string of the molecule is Cc1cc(C)n(-c2ncc(NC(=O)C(C)Oc3ccccc3)cn2)n1. The van der Waals surface area contributed by atoms with Crippen LogP contribution in [0.25, 0.3) is 5.95 Å². The monoisotopic (exact) mass is 337 g/mol. The molecule has 2 aromatic heterocycles. The van der Waals surface area contributed by atoms with Gasteiger partial charge in [0.25, 0.3) is 11.9 Å². The van der Waals surface area contributed by atoms with Gasteiger partial charge in [-0.05, 0) is 39.0 Å². The Morgan fingerprint density at radius 1 is 1.16 bits per heavy atom. The number of hydrogen-bond acceptors (Lipinski definition) is 5. The second-order valence-electron chi connectivity index (χ2n) is 5.67. The van der Waals surface area contributed by atoms with Crippen LogP contribution in [-0.4, -0.2) is 31.8 Å². The fourth-order valence-corrected chi connectivity index (χ4v) is 2.33. The average Bonchev–Trinajstić information content (AvgIpc) is 2.95. The van der Waals surface area contributed by atoms with E-state index in [1.54, 1.807) is 36.1 Å². The molecule has 0 aliphatic rings. The minimum Gasteiger partial charge on any atom is -0.481 e. The third-order valence-corrected chi connectivity index (χ3v) is 3.53. The summed E-state index contributed by atoms with van der Waals surface area (Å²) in [6, 6.07) is 11.1. The van der Waals surface area contributed by atoms with Gasteiger partial charge in [-0.15, -0.1) is 0 Å². The number of anilines is 1. The Balaban J connectivity index is 1.64. The molecule has 7 heteroatoms. The summed E-state index contributed by atoms with van der Waals surface area (Å²) >= 11 is 0. The maximum atomic E-state index is 12.2. The van der Waals surface area contributed by atoms with E-state index in [-0.39, 0.29) is 5.91 Å². The zero-order chi connectivity index (χ0) is 17.8. The number of benzene rings is 1. The largest absolute Gasteiger partial charge is 0.481 e. The summed E-state index contributed by atoms with van der Waals surface area (Å²) in [5.41, 5.74) is 2.34. The molecule has 1 amide bonds. The molecule has 0 spiro atoms. The van der Waals surface area contributed by atoms with E-state index in [1.807, 2.05) is 38.1 Å². The Kier molecular flexibility index (Phi) is 4.74. The van der Waals surface area contributed by atoms with Gasteiger partial charge in [0.05, 0.1) is 23.8 Å². The normalized spacial score (nSPS) is 11.8. The number of carbonyl (C=O) groups is 1. The fourth-order valence-electron chi connectivity index (χ4n) is 2.33. The van der Waals surface area contributed by atoms with Crippen molar-refractivity contribution in [3.63, 3.8) is 0 Å². The van der Waals surface area contributed by atoms with E-state index in [0.717, 1.165) is 11.4 Å². The Hall–Kier alpha value is -3.22. The molecule has 0 radical (unpaired) electrons. The van der Waals surface area contributed by atoms with Gasteiger partial charge in [-0.2, -0.15) is 5.10 Å². The van der Waals surface area contributed by atoms with Crippen molar-refractivity contribution in [2.45, 2.75) is 26.9 Å². The molecule has 25 heavy (non-hydrogen) atoms. The quantitative estimate of drug-likeness (QED) is 0.774. The first-order valence-corrected chi connectivity index (χ1v) is 7.91. The van der Waals surface area contributed by atoms with Gasteiger partial charge in [-0.1, -0.05) is 18.2 Å². The number of nitrogens with one attached hydrogen (secondary N) is 1. The molecule has 2 heterocycles. The number of nitrogens with zero attached hydrogens (tertiary/aromatic N) is 4. The van der Waals surface area contributed by atoms with E-state index in [4.69, 9.17) is 4.74 Å². The Bertz CT molecular complexity index is 859. The van der Waals surface area contributed by atoms with Crippen molar-refractivity contribution in [2.24, 2.45) is 0 Å². The van der Waals surface area contributed by atoms with E-state index < -0.39 is 6.10 Å². The highest BCUT2D eigenvalue weighted by Gasteiger charge is 2.15. The molecule has 1 unspecified atom stereocenters. The van der Waals surface area contributed by atoms with Crippen molar-refractivity contribution in [2.75, 3.05) is 5.32 Å². The highest BCUT2D eigenvalue weighted by atomic mass is 16.5. The molecule has 3 aromatic rings. The molecule has 1 atom stereocenters. The third-order valence-electron chi connectivity index (χ3n) is 3.53. The molecular formula is C18H19N5O2. The van der Waals surface area contributed by atoms with Crippen LogP contribution in [0.1, 0.15) is 18.3 Å². The number of aromatic nitrogens is 4. The Morgan fingerprint density at radius 3 is 2.44 bits per heavy atom. The number of para-hydroxylation sites is 1. The highest BCUT2D eigenvalue weighted by Crippen LogP contribution is 2.13. The van der Waals surface area contributed by atoms with Crippen LogP contribution in [0, 0.1) is 13.8 Å². The first kappa shape index (κ1) is 16.6. The second-order valence-corrected chi connectivity index (χ2v) is 5.67. The summed E-state index contributed by atoms with van der Waals surface area (Å²) < 4.78 is 7.25. The molecule has 1 aromatic carbocycles. The minimum atomic E-state index is -0.641. The Labute approximate surface area is 145 Å². The maximum absolute atomic E-state index is 12.2. The molecule has 0 fully saturated rings. The number of amides is 1. The van der Waals surface area contributed by atoms with E-state index in [1.165, 1.54) is 0 Å². The molecular weight excluding hydrogens is 318 g/mol. The van der Waals surface area contributed by atoms with Crippen LogP contribution in [0.5, 0.6) is 5.75 Å². The van der Waals surface area contributed by atoms with Crippen molar-refractivity contribution in [3.8, 4) is 11.7 Å². The van der Waals surface area contributed by atoms with Gasteiger partial charge >= 0.3 is 0 Å². The van der Waals surface area contributed by atoms with Gasteiger partial charge in [0, 0.05) is 5.69 Å². The molecule has 0 aliphatic heterocycles. The van der Waals surface area contributed by atoms with E-state index in [9.17, 15) is 4.79 Å². The van der Waals surface area contributed by atoms with Crippen molar-refractivity contribution < 1.29 is 9.53 Å². The molecule has 3 rings (SSSR count). The van der Waals surface area contributed by atoms with E-state index in [2.05, 4.69) is 20.4 Å². The van der Waals surface area contributed by atoms with Crippen LogP contribution in [0.4, 0.5) is 5.69 Å². The zero-order valence-corrected chi connectivity index (χ0v) is 14.3. The standard InChI is InChI=1S/C18H19N5O2/c1-12-9-13(2)23(22-12)18-19-10-15(11-20-18)21-17(24)14(3)25-16-7-5-4-6-8-16/h4-11,14H,1-3H3,(H,21,24). The minimum absolute atomic E-state index is 0.272. The van der Waals surface area contributed by atoms with Gasteiger partial charge in [0.15, 0.2) is 6.10 Å². The van der Waals surface area contributed by atoms with Crippen LogP contribution in [0.2, 0.25) is 0 Å². The lowest BCUT2D eigenvalue weighted by atomic mass is 10.3. The summed E-state index contributed by atoms with van der Waals surface area (Å²) in [5, 5.41) is 7.07. The molecule has 1 N–H and O–H groups in total. The average molecular weight is 337 g/mol. The smallest absolute Gasteiger partial charge is 0.265 e. The second kappa shape index (κ2) is 7.12. The van der Waals surface area contributed by atoms with Gasteiger partial charge < -0.3 is 10.1 Å². The van der Waals surface area contributed by atoms with Crippen LogP contribution < -0.4 is 10.1 Å². The van der Waals surface area contributed by atoms with Crippen molar-refractivity contribution in [1.82, 2.24) is 19.7 Å². The predicted molar refractivity (Wildman–Crippen MR) is 93.8 cm³/mol. The van der Waals surface area contributed by atoms with Gasteiger partial charge in [-0.3, -0.25) is 4.79 Å². The first-order chi connectivity index (χ1) is 12.0. The van der Waals surface area contributed by atoms with Crippen LogP contribution in [-0.2, 0) is 4.79 Å². The lowest BCUT2D eigenvalue weighted by Crippen LogP contribution is -2.30. The topological polar surface area (TPSA) is 81.9 Å². The van der Waals surface area contributed by atoms with Gasteiger partial charge in [0.1, 0.15) is 5.75 Å². The van der Waals surface area contributed by atoms with Crippen LogP contribution in [0.15, 0.2) is 48.8 Å². The molecule has 0 aliphatic carbocycles. The van der Waals surface area contributed by atoms with Crippen LogP contribution in [0.3, 0.4) is 0 Å². The van der Waals surface area contributed by atoms with E-state index >= 15 is 0 Å². The predicted octanol–water partition coefficient (Wildman–Crippen LogP) is 2.69. The molecule has 7 nitrogen and oxygen atoms in total. The van der Waals surface area contributed by atoms with Crippen molar-refractivity contribution >= 4 is 11.6 Å².